The number of fused-ring (bicyclic) bond motifs is 2. The SMILES string of the molecule is O=C(/C=C/c1sc2ccccc2c1Cl)OCc1nc2ccsc2c(=O)[nH]1. The number of carbonyl (C=O) groups is 1. The maximum atomic E-state index is 11.9. The molecule has 0 atom stereocenters. The minimum absolute atomic E-state index is 0.107. The van der Waals surface area contributed by atoms with Gasteiger partial charge in [-0.05, 0) is 23.6 Å². The molecule has 0 amide bonds. The number of ether oxygens (including phenoxy) is 1. The van der Waals surface area contributed by atoms with E-state index in [1.807, 2.05) is 24.3 Å². The van der Waals surface area contributed by atoms with E-state index < -0.39 is 5.97 Å². The molecule has 0 radical (unpaired) electrons. The molecule has 0 aliphatic rings. The molecule has 1 N–H and O–H groups in total. The van der Waals surface area contributed by atoms with E-state index in [2.05, 4.69) is 9.97 Å². The number of aromatic amines is 1. The summed E-state index contributed by atoms with van der Waals surface area (Å²) in [6.45, 7) is -0.107. The van der Waals surface area contributed by atoms with Crippen LogP contribution in [-0.4, -0.2) is 15.9 Å². The number of aromatic nitrogens is 2. The Morgan fingerprint density at radius 1 is 1.31 bits per heavy atom. The normalized spacial score (nSPS) is 11.6. The highest BCUT2D eigenvalue weighted by Gasteiger charge is 2.09. The highest BCUT2D eigenvalue weighted by Crippen LogP contribution is 2.35. The van der Waals surface area contributed by atoms with Crippen LogP contribution in [0, 0.1) is 0 Å². The van der Waals surface area contributed by atoms with Gasteiger partial charge in [0.15, 0.2) is 0 Å². The molecular weight excluding hydrogens is 392 g/mol. The third-order valence-corrected chi connectivity index (χ3v) is 6.20. The van der Waals surface area contributed by atoms with Crippen LogP contribution in [0.1, 0.15) is 10.7 Å². The van der Waals surface area contributed by atoms with Crippen LogP contribution in [0.5, 0.6) is 0 Å². The monoisotopic (exact) mass is 402 g/mol. The Morgan fingerprint density at radius 3 is 3.00 bits per heavy atom. The number of benzene rings is 1. The van der Waals surface area contributed by atoms with Crippen LogP contribution in [0.15, 0.2) is 46.6 Å². The molecule has 3 aromatic heterocycles. The van der Waals surface area contributed by atoms with E-state index in [9.17, 15) is 9.59 Å². The summed E-state index contributed by atoms with van der Waals surface area (Å²) in [4.78, 5) is 31.5. The second-order valence-electron chi connectivity index (χ2n) is 5.37. The number of rotatable bonds is 4. The van der Waals surface area contributed by atoms with Crippen molar-refractivity contribution in [3.05, 3.63) is 67.9 Å². The highest BCUT2D eigenvalue weighted by atomic mass is 35.5. The molecule has 0 aliphatic carbocycles. The van der Waals surface area contributed by atoms with Gasteiger partial charge in [-0.3, -0.25) is 4.79 Å². The van der Waals surface area contributed by atoms with Gasteiger partial charge in [-0.25, -0.2) is 9.78 Å². The maximum absolute atomic E-state index is 11.9. The molecule has 0 saturated heterocycles. The number of halogens is 1. The van der Waals surface area contributed by atoms with Crippen molar-refractivity contribution in [1.82, 2.24) is 9.97 Å². The highest BCUT2D eigenvalue weighted by molar-refractivity contribution is 7.20. The molecule has 130 valence electrons. The van der Waals surface area contributed by atoms with Crippen LogP contribution < -0.4 is 5.56 Å². The molecule has 5 nitrogen and oxygen atoms in total. The fourth-order valence-electron chi connectivity index (χ4n) is 2.46. The van der Waals surface area contributed by atoms with E-state index >= 15 is 0 Å². The van der Waals surface area contributed by atoms with Crippen molar-refractivity contribution in [2.24, 2.45) is 0 Å². The topological polar surface area (TPSA) is 72.0 Å². The number of nitrogens with one attached hydrogen (secondary N) is 1. The second kappa shape index (κ2) is 7.03. The smallest absolute Gasteiger partial charge is 0.331 e. The molecule has 0 aliphatic heterocycles. The largest absolute Gasteiger partial charge is 0.454 e. The first kappa shape index (κ1) is 17.0. The molecule has 26 heavy (non-hydrogen) atoms. The van der Waals surface area contributed by atoms with Crippen LogP contribution in [0.4, 0.5) is 0 Å². The van der Waals surface area contributed by atoms with Crippen LogP contribution in [0.3, 0.4) is 0 Å². The second-order valence-corrected chi connectivity index (χ2v) is 7.74. The molecule has 0 unspecified atom stereocenters. The van der Waals surface area contributed by atoms with Gasteiger partial charge in [-0.15, -0.1) is 22.7 Å². The van der Waals surface area contributed by atoms with Crippen LogP contribution in [0.25, 0.3) is 26.4 Å². The Labute approximate surface area is 160 Å². The Hall–Kier alpha value is -2.48. The van der Waals surface area contributed by atoms with E-state index in [0.717, 1.165) is 15.0 Å². The first-order chi connectivity index (χ1) is 12.6. The van der Waals surface area contributed by atoms with Crippen LogP contribution in [-0.2, 0) is 16.1 Å². The summed E-state index contributed by atoms with van der Waals surface area (Å²) < 4.78 is 6.76. The fourth-order valence-corrected chi connectivity index (χ4v) is 4.59. The van der Waals surface area contributed by atoms with Gasteiger partial charge in [-0.1, -0.05) is 29.8 Å². The van der Waals surface area contributed by atoms with Gasteiger partial charge in [-0.2, -0.15) is 0 Å². The fraction of sp³-hybridized carbons (Fsp3) is 0.0556. The molecule has 4 aromatic rings. The lowest BCUT2D eigenvalue weighted by atomic mass is 10.2. The molecule has 3 heterocycles. The average Bonchev–Trinajstić information content (AvgIpc) is 3.24. The molecule has 8 heteroatoms. The van der Waals surface area contributed by atoms with Crippen molar-refractivity contribution in [3.8, 4) is 0 Å². The Bertz CT molecular complexity index is 1210. The Morgan fingerprint density at radius 2 is 2.15 bits per heavy atom. The van der Waals surface area contributed by atoms with E-state index in [1.165, 1.54) is 28.7 Å². The van der Waals surface area contributed by atoms with Crippen molar-refractivity contribution in [2.75, 3.05) is 0 Å². The summed E-state index contributed by atoms with van der Waals surface area (Å²) in [6, 6.07) is 9.52. The zero-order valence-electron chi connectivity index (χ0n) is 13.2. The molecule has 0 spiro atoms. The predicted octanol–water partition coefficient (Wildman–Crippen LogP) is 4.61. The van der Waals surface area contributed by atoms with Gasteiger partial charge in [0.2, 0.25) is 0 Å². The first-order valence-corrected chi connectivity index (χ1v) is 9.67. The number of H-pyrrole nitrogens is 1. The number of hydrogen-bond donors (Lipinski definition) is 1. The molecular formula is C18H11ClN2O3S2. The van der Waals surface area contributed by atoms with E-state index in [4.69, 9.17) is 16.3 Å². The van der Waals surface area contributed by atoms with Crippen molar-refractivity contribution in [2.45, 2.75) is 6.61 Å². The molecule has 4 rings (SSSR count). The third kappa shape index (κ3) is 3.29. The number of esters is 1. The van der Waals surface area contributed by atoms with E-state index in [-0.39, 0.29) is 12.2 Å². The third-order valence-electron chi connectivity index (χ3n) is 3.65. The number of hydrogen-bond acceptors (Lipinski definition) is 6. The minimum atomic E-state index is -0.536. The minimum Gasteiger partial charge on any atom is -0.454 e. The van der Waals surface area contributed by atoms with Crippen molar-refractivity contribution in [1.29, 1.82) is 0 Å². The lowest BCUT2D eigenvalue weighted by Crippen LogP contribution is -2.12. The van der Waals surface area contributed by atoms with Crippen molar-refractivity contribution in [3.63, 3.8) is 0 Å². The summed E-state index contributed by atoms with van der Waals surface area (Å²) in [5.41, 5.74) is 0.362. The van der Waals surface area contributed by atoms with Crippen LogP contribution >= 0.6 is 34.3 Å². The van der Waals surface area contributed by atoms with Gasteiger partial charge in [0.1, 0.15) is 17.1 Å². The molecule has 1 aromatic carbocycles. The molecule has 0 bridgehead atoms. The van der Waals surface area contributed by atoms with Gasteiger partial charge in [0.25, 0.3) is 5.56 Å². The van der Waals surface area contributed by atoms with E-state index in [0.29, 0.717) is 21.1 Å². The Kier molecular flexibility index (Phi) is 4.58. The summed E-state index contributed by atoms with van der Waals surface area (Å²) in [6.07, 6.45) is 2.95. The quantitative estimate of drug-likeness (QED) is 0.399. The summed E-state index contributed by atoms with van der Waals surface area (Å²) in [7, 11) is 0. The van der Waals surface area contributed by atoms with Crippen molar-refractivity contribution < 1.29 is 9.53 Å². The van der Waals surface area contributed by atoms with Crippen molar-refractivity contribution >= 4 is 66.6 Å². The van der Waals surface area contributed by atoms with Gasteiger partial charge in [0.05, 0.1) is 10.5 Å². The van der Waals surface area contributed by atoms with E-state index in [1.54, 1.807) is 17.5 Å². The zero-order valence-corrected chi connectivity index (χ0v) is 15.6. The Balaban J connectivity index is 1.46. The number of nitrogens with zero attached hydrogens (tertiary/aromatic N) is 1. The summed E-state index contributed by atoms with van der Waals surface area (Å²) in [5.74, 6) is -0.228. The predicted molar refractivity (Wildman–Crippen MR) is 106 cm³/mol. The maximum Gasteiger partial charge on any atom is 0.331 e. The standard InChI is InChI=1S/C18H11ClN2O3S2/c19-16-10-3-1-2-4-12(10)26-13(16)5-6-15(22)24-9-14-20-11-7-8-25-17(11)18(23)21-14/h1-8H,9H2,(H,20,21,23)/b6-5+. The number of carbonyl (C=O) groups excluding carboxylic acids is 1. The summed E-state index contributed by atoms with van der Waals surface area (Å²) >= 11 is 9.15. The summed E-state index contributed by atoms with van der Waals surface area (Å²) in [5, 5.41) is 3.36. The van der Waals surface area contributed by atoms with Crippen LogP contribution in [0.2, 0.25) is 5.02 Å². The molecule has 0 fully saturated rings. The van der Waals surface area contributed by atoms with Gasteiger partial charge >= 0.3 is 5.97 Å². The molecule has 0 saturated carbocycles. The lowest BCUT2D eigenvalue weighted by molar-refractivity contribution is -0.139. The lowest BCUT2D eigenvalue weighted by Gasteiger charge is -2.01. The average molecular weight is 403 g/mol. The van der Waals surface area contributed by atoms with Gasteiger partial charge in [0, 0.05) is 21.0 Å². The first-order valence-electron chi connectivity index (χ1n) is 7.60. The number of thiophene rings is 2. The zero-order chi connectivity index (χ0) is 18.1. The van der Waals surface area contributed by atoms with Gasteiger partial charge < -0.3 is 9.72 Å².